The van der Waals surface area contributed by atoms with E-state index in [0.29, 0.717) is 44.5 Å². The number of unbranched alkanes of at least 4 members (excludes halogenated alkanes) is 1. The summed E-state index contributed by atoms with van der Waals surface area (Å²) >= 11 is 0. The van der Waals surface area contributed by atoms with Crippen LogP contribution < -0.4 is 48.3 Å². The van der Waals surface area contributed by atoms with Crippen molar-refractivity contribution in [2.24, 2.45) is 5.73 Å². The van der Waals surface area contributed by atoms with Gasteiger partial charge in [-0.1, -0.05) is 72.8 Å². The molecule has 0 unspecified atom stereocenters. The number of phenols is 2. The third kappa shape index (κ3) is 20.5. The minimum Gasteiger partial charge on any atom is -0.508 e. The summed E-state index contributed by atoms with van der Waals surface area (Å²) in [4.78, 5) is 182. The number of halogens is 2. The van der Waals surface area contributed by atoms with Crippen LogP contribution in [-0.2, 0) is 83.2 Å². The molecule has 0 bridgehead atoms. The molecule has 3 saturated heterocycles. The Bertz CT molecular complexity index is 3820. The fourth-order valence-corrected chi connectivity index (χ4v) is 12.1. The Morgan fingerprint density at radius 1 is 0.626 bits per heavy atom. The van der Waals surface area contributed by atoms with Crippen molar-refractivity contribution in [1.82, 2.24) is 62.2 Å². The number of carboxylic acid groups (broad SMARTS) is 1. The van der Waals surface area contributed by atoms with Gasteiger partial charge < -0.3 is 78.4 Å². The summed E-state index contributed by atoms with van der Waals surface area (Å²) in [5, 5.41) is 51.5. The van der Waals surface area contributed by atoms with Gasteiger partial charge in [-0.05, 0) is 97.7 Å². The predicted octanol–water partition coefficient (Wildman–Crippen LogP) is 0.319. The number of likely N-dealkylation sites (N-methyl/N-ethyl adjacent to an activating group) is 1. The van der Waals surface area contributed by atoms with Gasteiger partial charge in [0.2, 0.25) is 65.0 Å². The molecule has 11 amide bonds. The zero-order valence-corrected chi connectivity index (χ0v) is 54.2. The molecule has 4 aromatic carbocycles. The van der Waals surface area contributed by atoms with Gasteiger partial charge in [-0.2, -0.15) is 0 Å². The van der Waals surface area contributed by atoms with Crippen molar-refractivity contribution in [1.29, 1.82) is 0 Å². The highest BCUT2D eigenvalue weighted by Gasteiger charge is 2.51. The third-order valence-electron chi connectivity index (χ3n) is 17.4. The van der Waals surface area contributed by atoms with Crippen molar-refractivity contribution in [2.45, 2.75) is 144 Å². The molecular formula is C68H80F2N14O15. The number of carbonyl (C=O) groups is 12. The molecule has 0 radical (unpaired) electrons. The van der Waals surface area contributed by atoms with E-state index in [1.807, 2.05) is 0 Å². The van der Waals surface area contributed by atoms with Crippen LogP contribution in [0.5, 0.6) is 11.5 Å². The summed E-state index contributed by atoms with van der Waals surface area (Å²) < 4.78 is 29.6. The number of para-hydroxylation sites is 1. The SMILES string of the molecule is [C-]#[N+][C@@H]1CC(F)(F)CN1C(=O)CC[C@@H]1NC(=O)[C@H](Cc2ccc(O)cc2)NC(=O)[C@H](Cc2ccccc2)N(C)C(=O)CNC(=O)[C@H](CCCCN)NC(=O)[C@H]2CCCN2C(=O)[C@H](CC(=O)O)NC(=O)[C@H](Cc2ccc(O)cc2)NC(=O)CNC(=O)[C@H](Cc2c[nH]c3ccccc23)NC1=O. The molecule has 526 valence electrons. The van der Waals surface area contributed by atoms with Gasteiger partial charge in [0.15, 0.2) is 0 Å². The van der Waals surface area contributed by atoms with Crippen LogP contribution in [0, 0.1) is 6.57 Å². The lowest BCUT2D eigenvalue weighted by Gasteiger charge is -2.31. The molecule has 3 fully saturated rings. The number of carboxylic acids is 1. The molecule has 0 spiro atoms. The number of nitrogens with zero attached hydrogens (tertiary/aromatic N) is 4. The normalized spacial score (nSPS) is 23.7. The minimum absolute atomic E-state index is 0.0248. The fraction of sp³-hybridized carbons (Fsp3) is 0.426. The van der Waals surface area contributed by atoms with Gasteiger partial charge in [0, 0.05) is 62.8 Å². The number of hydrogen-bond donors (Lipinski definition) is 13. The first kappa shape index (κ1) is 73.8. The number of aromatic nitrogens is 1. The van der Waals surface area contributed by atoms with E-state index in [1.54, 1.807) is 60.8 Å². The zero-order valence-electron chi connectivity index (χ0n) is 54.2. The van der Waals surface area contributed by atoms with Gasteiger partial charge in [-0.25, -0.2) is 15.4 Å². The Balaban J connectivity index is 1.19. The molecule has 14 N–H and O–H groups in total. The lowest BCUT2D eigenvalue weighted by atomic mass is 10.0. The molecule has 29 nitrogen and oxygen atoms in total. The molecule has 3 aliphatic heterocycles. The summed E-state index contributed by atoms with van der Waals surface area (Å²) in [7, 11) is 1.27. The predicted molar refractivity (Wildman–Crippen MR) is 351 cm³/mol. The largest absolute Gasteiger partial charge is 0.508 e. The van der Waals surface area contributed by atoms with E-state index in [-0.39, 0.29) is 76.0 Å². The van der Waals surface area contributed by atoms with E-state index in [4.69, 9.17) is 12.3 Å². The Morgan fingerprint density at radius 2 is 1.17 bits per heavy atom. The number of fused-ring (bicyclic) bond motifs is 2. The minimum atomic E-state index is -3.44. The molecule has 3 aliphatic rings. The Morgan fingerprint density at radius 3 is 1.82 bits per heavy atom. The van der Waals surface area contributed by atoms with Crippen LogP contribution in [-0.4, -0.2) is 206 Å². The van der Waals surface area contributed by atoms with E-state index in [9.17, 15) is 67.3 Å². The summed E-state index contributed by atoms with van der Waals surface area (Å²) in [6, 6.07) is 13.2. The van der Waals surface area contributed by atoms with Crippen molar-refractivity contribution in [3.8, 4) is 11.5 Å². The van der Waals surface area contributed by atoms with Crippen LogP contribution in [0.25, 0.3) is 15.7 Å². The Labute approximate surface area is 567 Å². The number of aliphatic carboxylic acids is 1. The van der Waals surface area contributed by atoms with Gasteiger partial charge in [-0.3, -0.25) is 67.3 Å². The van der Waals surface area contributed by atoms with Crippen molar-refractivity contribution >= 4 is 81.9 Å². The highest BCUT2D eigenvalue weighted by Crippen LogP contribution is 2.33. The number of carbonyl (C=O) groups excluding carboxylic acids is 11. The summed E-state index contributed by atoms with van der Waals surface area (Å²) in [6.07, 6.45) is -3.80. The number of H-pyrrole nitrogens is 1. The molecule has 1 aromatic heterocycles. The molecule has 0 saturated carbocycles. The highest BCUT2D eigenvalue weighted by atomic mass is 19.3. The molecule has 31 heteroatoms. The number of hydrogen-bond acceptors (Lipinski definition) is 15. The number of nitrogens with two attached hydrogens (primary N) is 1. The molecule has 8 rings (SSSR count). The summed E-state index contributed by atoms with van der Waals surface area (Å²) in [6.45, 7) is 4.85. The molecular weight excluding hydrogens is 1290 g/mol. The van der Waals surface area contributed by atoms with Gasteiger partial charge in [0.05, 0.1) is 26.1 Å². The number of phenolic OH excluding ortho intramolecular Hbond substituents is 2. The molecule has 4 heterocycles. The van der Waals surface area contributed by atoms with Crippen molar-refractivity contribution in [2.75, 3.05) is 39.8 Å². The molecule has 9 atom stereocenters. The van der Waals surface area contributed by atoms with E-state index < -0.39 is 177 Å². The average molecular weight is 1370 g/mol. The lowest BCUT2D eigenvalue weighted by Crippen LogP contribution is -2.60. The second-order valence-corrected chi connectivity index (χ2v) is 24.7. The third-order valence-corrected chi connectivity index (χ3v) is 17.4. The van der Waals surface area contributed by atoms with Crippen LogP contribution in [0.2, 0.25) is 0 Å². The van der Waals surface area contributed by atoms with Crippen LogP contribution in [0.1, 0.15) is 80.0 Å². The lowest BCUT2D eigenvalue weighted by molar-refractivity contribution is -0.146. The first-order valence-electron chi connectivity index (χ1n) is 32.3. The fourth-order valence-electron chi connectivity index (χ4n) is 12.1. The summed E-state index contributed by atoms with van der Waals surface area (Å²) in [5.41, 5.74) is 8.03. The Kier molecular flexibility index (Phi) is 25.5. The maximum Gasteiger partial charge on any atom is 0.306 e. The number of aromatic amines is 1. The van der Waals surface area contributed by atoms with Crippen LogP contribution in [0.3, 0.4) is 0 Å². The maximum absolute atomic E-state index is 15.2. The quantitative estimate of drug-likeness (QED) is 0.0440. The number of rotatable bonds is 17. The second kappa shape index (κ2) is 34.3. The van der Waals surface area contributed by atoms with E-state index in [2.05, 4.69) is 52.4 Å². The zero-order chi connectivity index (χ0) is 71.5. The van der Waals surface area contributed by atoms with Gasteiger partial charge >= 0.3 is 12.1 Å². The first-order chi connectivity index (χ1) is 47.3. The Hall–Kier alpha value is -11.0. The topological polar surface area (TPSA) is 418 Å². The molecule has 99 heavy (non-hydrogen) atoms. The number of likely N-dealkylation sites (tertiary alicyclic amines) is 1. The number of amides is 11. The molecule has 5 aromatic rings. The molecule has 0 aliphatic carbocycles. The first-order valence-corrected chi connectivity index (χ1v) is 32.3. The van der Waals surface area contributed by atoms with Crippen molar-refractivity contribution in [3.05, 3.63) is 143 Å². The van der Waals surface area contributed by atoms with Crippen molar-refractivity contribution in [3.63, 3.8) is 0 Å². The van der Waals surface area contributed by atoms with Crippen molar-refractivity contribution < 1.29 is 81.6 Å². The van der Waals surface area contributed by atoms with Crippen LogP contribution >= 0.6 is 0 Å². The van der Waals surface area contributed by atoms with Gasteiger partial charge in [-0.15, -0.1) is 0 Å². The van der Waals surface area contributed by atoms with Gasteiger partial charge in [0.25, 0.3) is 5.92 Å². The monoisotopic (exact) mass is 1370 g/mol. The average Bonchev–Trinajstić information content (AvgIpc) is 1.74. The summed E-state index contributed by atoms with van der Waals surface area (Å²) in [5.74, 6) is -16.3. The van der Waals surface area contributed by atoms with E-state index in [1.165, 1.54) is 55.6 Å². The maximum atomic E-state index is 15.2. The van der Waals surface area contributed by atoms with E-state index in [0.717, 1.165) is 9.80 Å². The number of alkyl halides is 2. The standard InChI is InChI=1S/C68H80F2N14O15/c1-72-55-34-68(69,70)38-84(55)57(88)26-25-48-62(94)79-51(32-42-35-73-46-14-7-6-13-45(42)46)61(93)74-36-56(87)76-49(29-40-17-21-43(85)22-18-40)63(95)81-52(33-59(90)91)67(99)83-28-10-16-53(83)65(97)78-47(15-8-9-27-71)60(92)75-37-58(89)82(2)54(31-39-11-4-3-5-12-39)66(98)80-50(64(96)77-48)30-41-19-23-44(86)24-20-41/h3-7,11-14,17-24,35,47-55,73,85-86H,8-10,15-16,25-34,36-38,71H2,2H3,(H,74,93)(H,75,92)(H,76,87)(H,77,96)(H,78,97)(H,79,94)(H,80,98)(H,81,95)(H,90,91)/t47-,48-,49-,50-,51-,52-,53+,54-,55-/m0/s1. The number of aromatic hydroxyl groups is 2. The van der Waals surface area contributed by atoms with Crippen LogP contribution in [0.15, 0.2) is 109 Å². The smallest absolute Gasteiger partial charge is 0.306 e. The number of nitrogens with one attached hydrogen (secondary N) is 9. The van der Waals surface area contributed by atoms with Gasteiger partial charge in [0.1, 0.15) is 66.3 Å². The second-order valence-electron chi connectivity index (χ2n) is 24.7. The van der Waals surface area contributed by atoms with E-state index >= 15 is 14.4 Å². The van der Waals surface area contributed by atoms with Crippen LogP contribution in [0.4, 0.5) is 8.78 Å². The highest BCUT2D eigenvalue weighted by molar-refractivity contribution is 6.00. The number of benzene rings is 4.